The van der Waals surface area contributed by atoms with Crippen molar-refractivity contribution in [3.8, 4) is 5.88 Å². The van der Waals surface area contributed by atoms with Crippen LogP contribution in [0, 0.1) is 0 Å². The van der Waals surface area contributed by atoms with Gasteiger partial charge < -0.3 is 14.8 Å². The number of anilines is 1. The van der Waals surface area contributed by atoms with Gasteiger partial charge in [-0.3, -0.25) is 4.79 Å². The van der Waals surface area contributed by atoms with E-state index in [1.54, 1.807) is 29.7 Å². The van der Waals surface area contributed by atoms with Gasteiger partial charge in [0.05, 0.1) is 19.6 Å². The molecule has 0 saturated heterocycles. The molecule has 5 nitrogen and oxygen atoms in total. The molecule has 22 heavy (non-hydrogen) atoms. The molecule has 3 heterocycles. The Balaban J connectivity index is 1.67. The van der Waals surface area contributed by atoms with Crippen LogP contribution in [0.25, 0.3) is 0 Å². The van der Waals surface area contributed by atoms with Crippen LogP contribution >= 0.6 is 11.3 Å². The zero-order valence-corrected chi connectivity index (χ0v) is 13.2. The van der Waals surface area contributed by atoms with Crippen LogP contribution in [-0.2, 0) is 16.0 Å². The zero-order valence-electron chi connectivity index (χ0n) is 12.4. The Bertz CT molecular complexity index is 656. The molecule has 0 spiro atoms. The molecule has 1 atom stereocenters. The van der Waals surface area contributed by atoms with Crippen molar-refractivity contribution in [2.45, 2.75) is 25.9 Å². The van der Waals surface area contributed by atoms with Crippen molar-refractivity contribution >= 4 is 22.9 Å². The first-order chi connectivity index (χ1) is 10.8. The average molecular weight is 318 g/mol. The molecule has 1 aliphatic heterocycles. The van der Waals surface area contributed by atoms with E-state index in [9.17, 15) is 4.79 Å². The fraction of sp³-hybridized carbons (Fsp3) is 0.375. The lowest BCUT2D eigenvalue weighted by Crippen LogP contribution is -2.21. The number of amides is 1. The van der Waals surface area contributed by atoms with E-state index in [-0.39, 0.29) is 12.0 Å². The summed E-state index contributed by atoms with van der Waals surface area (Å²) in [5.74, 6) is 0.347. The van der Waals surface area contributed by atoms with E-state index in [0.29, 0.717) is 31.2 Å². The van der Waals surface area contributed by atoms with Gasteiger partial charge in [0.1, 0.15) is 11.8 Å². The second kappa shape index (κ2) is 6.89. The van der Waals surface area contributed by atoms with Gasteiger partial charge in [-0.2, -0.15) is 0 Å². The number of fused-ring (bicyclic) bond motifs is 1. The molecule has 0 aromatic carbocycles. The topological polar surface area (TPSA) is 60.5 Å². The number of ether oxygens (including phenoxy) is 2. The van der Waals surface area contributed by atoms with E-state index in [1.165, 1.54) is 5.56 Å². The van der Waals surface area contributed by atoms with Gasteiger partial charge in [0.25, 0.3) is 0 Å². The minimum atomic E-state index is -0.157. The molecule has 116 valence electrons. The van der Waals surface area contributed by atoms with Crippen molar-refractivity contribution in [2.75, 3.05) is 18.5 Å². The molecule has 0 bridgehead atoms. The van der Waals surface area contributed by atoms with Gasteiger partial charge >= 0.3 is 0 Å². The summed E-state index contributed by atoms with van der Waals surface area (Å²) in [6.45, 7) is 3.05. The van der Waals surface area contributed by atoms with E-state index < -0.39 is 0 Å². The first kappa shape index (κ1) is 15.0. The average Bonchev–Trinajstić information content (AvgIpc) is 2.99. The Kier molecular flexibility index (Phi) is 4.70. The van der Waals surface area contributed by atoms with E-state index in [0.717, 1.165) is 11.3 Å². The normalized spacial score (nSPS) is 16.9. The van der Waals surface area contributed by atoms with Crippen LogP contribution in [0.4, 0.5) is 5.69 Å². The highest BCUT2D eigenvalue weighted by atomic mass is 32.1. The molecule has 1 aliphatic rings. The largest absolute Gasteiger partial charge is 0.476 e. The fourth-order valence-electron chi connectivity index (χ4n) is 2.48. The zero-order chi connectivity index (χ0) is 15.4. The van der Waals surface area contributed by atoms with Crippen LogP contribution in [0.15, 0.2) is 29.8 Å². The van der Waals surface area contributed by atoms with Crippen LogP contribution in [0.2, 0.25) is 0 Å². The molecule has 2 aromatic heterocycles. The third kappa shape index (κ3) is 3.28. The maximum absolute atomic E-state index is 12.3. The lowest BCUT2D eigenvalue weighted by atomic mass is 10.1. The number of rotatable bonds is 5. The second-order valence-electron chi connectivity index (χ2n) is 4.96. The molecule has 0 radical (unpaired) electrons. The summed E-state index contributed by atoms with van der Waals surface area (Å²) in [6, 6.07) is 5.67. The summed E-state index contributed by atoms with van der Waals surface area (Å²) in [5, 5.41) is 4.92. The molecular formula is C16H18N2O3S. The first-order valence-corrected chi connectivity index (χ1v) is 8.21. The Morgan fingerprint density at radius 2 is 2.45 bits per heavy atom. The van der Waals surface area contributed by atoms with E-state index >= 15 is 0 Å². The van der Waals surface area contributed by atoms with Crippen molar-refractivity contribution in [3.63, 3.8) is 0 Å². The number of hydrogen-bond acceptors (Lipinski definition) is 5. The molecule has 3 rings (SSSR count). The third-order valence-corrected chi connectivity index (χ3v) is 4.51. The Morgan fingerprint density at radius 3 is 3.32 bits per heavy atom. The van der Waals surface area contributed by atoms with E-state index in [4.69, 9.17) is 9.47 Å². The number of aromatic nitrogens is 1. The highest BCUT2D eigenvalue weighted by Crippen LogP contribution is 2.34. The summed E-state index contributed by atoms with van der Waals surface area (Å²) in [4.78, 5) is 17.6. The van der Waals surface area contributed by atoms with Crippen LogP contribution in [0.3, 0.4) is 0 Å². The van der Waals surface area contributed by atoms with E-state index in [1.807, 2.05) is 6.92 Å². The summed E-state index contributed by atoms with van der Waals surface area (Å²) in [6.07, 6.45) is 2.71. The molecule has 0 aliphatic carbocycles. The summed E-state index contributed by atoms with van der Waals surface area (Å²) in [5.41, 5.74) is 1.89. The molecule has 0 fully saturated rings. The SMILES string of the molecule is CCOc1ncccc1NC(=O)CC1OCCc2ccsc21. The van der Waals surface area contributed by atoms with Crippen molar-refractivity contribution in [2.24, 2.45) is 0 Å². The van der Waals surface area contributed by atoms with Crippen molar-refractivity contribution < 1.29 is 14.3 Å². The molecule has 6 heteroatoms. The highest BCUT2D eigenvalue weighted by Gasteiger charge is 2.25. The predicted octanol–water partition coefficient (Wildman–Crippen LogP) is 3.18. The molecule has 2 aromatic rings. The van der Waals surface area contributed by atoms with Gasteiger partial charge in [-0.1, -0.05) is 0 Å². The summed E-state index contributed by atoms with van der Waals surface area (Å²) in [7, 11) is 0. The monoisotopic (exact) mass is 318 g/mol. The summed E-state index contributed by atoms with van der Waals surface area (Å²) >= 11 is 1.65. The highest BCUT2D eigenvalue weighted by molar-refractivity contribution is 7.10. The van der Waals surface area contributed by atoms with Crippen LogP contribution < -0.4 is 10.1 Å². The number of pyridine rings is 1. The fourth-order valence-corrected chi connectivity index (χ4v) is 3.49. The molecule has 1 unspecified atom stereocenters. The van der Waals surface area contributed by atoms with Crippen LogP contribution in [0.1, 0.15) is 29.9 Å². The van der Waals surface area contributed by atoms with Crippen molar-refractivity contribution in [1.82, 2.24) is 4.98 Å². The Morgan fingerprint density at radius 1 is 1.55 bits per heavy atom. The predicted molar refractivity (Wildman–Crippen MR) is 85.4 cm³/mol. The van der Waals surface area contributed by atoms with Crippen LogP contribution in [-0.4, -0.2) is 24.1 Å². The summed E-state index contributed by atoms with van der Waals surface area (Å²) < 4.78 is 11.2. The maximum Gasteiger partial charge on any atom is 0.237 e. The molecule has 1 N–H and O–H groups in total. The quantitative estimate of drug-likeness (QED) is 0.920. The minimum Gasteiger partial charge on any atom is -0.476 e. The Hall–Kier alpha value is -1.92. The van der Waals surface area contributed by atoms with Gasteiger partial charge in [0, 0.05) is 11.1 Å². The number of nitrogens with zero attached hydrogens (tertiary/aromatic N) is 1. The minimum absolute atomic E-state index is 0.0970. The third-order valence-electron chi connectivity index (χ3n) is 3.46. The lowest BCUT2D eigenvalue weighted by molar-refractivity contribution is -0.119. The number of thiophene rings is 1. The standard InChI is InChI=1S/C16H18N2O3S/c1-2-20-16-12(4-3-7-17-16)18-14(19)10-13-15-11(5-8-21-13)6-9-22-15/h3-4,6-7,9,13H,2,5,8,10H2,1H3,(H,18,19). The van der Waals surface area contributed by atoms with Gasteiger partial charge in [0.15, 0.2) is 0 Å². The first-order valence-electron chi connectivity index (χ1n) is 7.33. The second-order valence-corrected chi connectivity index (χ2v) is 5.91. The number of carbonyl (C=O) groups excluding carboxylic acids is 1. The molecular weight excluding hydrogens is 300 g/mol. The van der Waals surface area contributed by atoms with Gasteiger partial charge in [-0.25, -0.2) is 4.98 Å². The van der Waals surface area contributed by atoms with Crippen LogP contribution in [0.5, 0.6) is 5.88 Å². The smallest absolute Gasteiger partial charge is 0.237 e. The Labute approximate surface area is 133 Å². The van der Waals surface area contributed by atoms with Gasteiger partial charge in [-0.15, -0.1) is 11.3 Å². The molecule has 1 amide bonds. The lowest BCUT2D eigenvalue weighted by Gasteiger charge is -2.22. The van der Waals surface area contributed by atoms with Gasteiger partial charge in [0.2, 0.25) is 11.8 Å². The van der Waals surface area contributed by atoms with E-state index in [2.05, 4.69) is 21.7 Å². The number of carbonyl (C=O) groups is 1. The number of nitrogens with one attached hydrogen (secondary N) is 1. The van der Waals surface area contributed by atoms with Crippen molar-refractivity contribution in [1.29, 1.82) is 0 Å². The van der Waals surface area contributed by atoms with Gasteiger partial charge in [-0.05, 0) is 42.5 Å². The maximum atomic E-state index is 12.3. The van der Waals surface area contributed by atoms with Crippen molar-refractivity contribution in [3.05, 3.63) is 40.2 Å². The molecule has 0 saturated carbocycles. The number of hydrogen-bond donors (Lipinski definition) is 1.